The van der Waals surface area contributed by atoms with Crippen molar-refractivity contribution in [2.24, 2.45) is 10.1 Å². The van der Waals surface area contributed by atoms with Gasteiger partial charge in [0.25, 0.3) is 5.91 Å². The maximum Gasteiger partial charge on any atom is 0.441 e. The summed E-state index contributed by atoms with van der Waals surface area (Å²) in [4.78, 5) is 16.2. The number of aryl methyl sites for hydroxylation is 1. The minimum absolute atomic E-state index is 0.158. The van der Waals surface area contributed by atoms with Crippen molar-refractivity contribution in [3.05, 3.63) is 51.8 Å². The van der Waals surface area contributed by atoms with Gasteiger partial charge in [0, 0.05) is 17.1 Å². The summed E-state index contributed by atoms with van der Waals surface area (Å²) in [6.07, 6.45) is -3.26. The monoisotopic (exact) mass is 481 g/mol. The smallest absolute Gasteiger partial charge is 0.441 e. The van der Waals surface area contributed by atoms with Crippen LogP contribution < -0.4 is 4.74 Å². The van der Waals surface area contributed by atoms with Gasteiger partial charge in [-0.1, -0.05) is 11.6 Å². The molecule has 0 radical (unpaired) electrons. The molecule has 2 aromatic rings. The number of halogens is 4. The maximum absolute atomic E-state index is 13.0. The number of carbonyl (C=O) groups excluding carboxylic acids is 1. The standard InChI is InChI=1S/C20H15ClF3N5O2S/c1-9-6-11(10(2)28(9)12-4-5-15(31-3)14(21)8-12)7-13-16(25)29-19(26-17(13)30)32-18(27-29)20(22,23)24/h4-8,25H,1-3H3. The van der Waals surface area contributed by atoms with Crippen molar-refractivity contribution in [1.29, 1.82) is 5.41 Å². The molecule has 1 amide bonds. The van der Waals surface area contributed by atoms with Crippen LogP contribution in [-0.4, -0.2) is 44.8 Å². The van der Waals surface area contributed by atoms with Gasteiger partial charge in [0.1, 0.15) is 5.75 Å². The number of amides is 1. The number of alkyl halides is 3. The first kappa shape index (κ1) is 22.2. The summed E-state index contributed by atoms with van der Waals surface area (Å²) in [6, 6.07) is 7.08. The van der Waals surface area contributed by atoms with Crippen LogP contribution in [0.2, 0.25) is 5.02 Å². The molecule has 0 spiro atoms. The van der Waals surface area contributed by atoms with Crippen molar-refractivity contribution in [3.8, 4) is 11.4 Å². The van der Waals surface area contributed by atoms with E-state index in [-0.39, 0.29) is 22.5 Å². The van der Waals surface area contributed by atoms with Crippen LogP contribution in [0.15, 0.2) is 39.9 Å². The van der Waals surface area contributed by atoms with Gasteiger partial charge in [-0.3, -0.25) is 10.2 Å². The number of aromatic nitrogens is 1. The second-order valence-corrected chi connectivity index (χ2v) is 8.27. The van der Waals surface area contributed by atoms with Crippen molar-refractivity contribution in [3.63, 3.8) is 0 Å². The van der Waals surface area contributed by atoms with Crippen LogP contribution >= 0.6 is 23.4 Å². The lowest BCUT2D eigenvalue weighted by Crippen LogP contribution is -2.35. The minimum atomic E-state index is -4.69. The minimum Gasteiger partial charge on any atom is -0.495 e. The van der Waals surface area contributed by atoms with Crippen LogP contribution in [0.3, 0.4) is 0 Å². The van der Waals surface area contributed by atoms with E-state index >= 15 is 0 Å². The van der Waals surface area contributed by atoms with E-state index in [1.165, 1.54) is 13.2 Å². The van der Waals surface area contributed by atoms with Gasteiger partial charge >= 0.3 is 6.18 Å². The molecule has 3 heterocycles. The number of hydrogen-bond donors (Lipinski definition) is 1. The van der Waals surface area contributed by atoms with Gasteiger partial charge < -0.3 is 9.30 Å². The summed E-state index contributed by atoms with van der Waals surface area (Å²) >= 11 is 6.46. The molecule has 0 bridgehead atoms. The van der Waals surface area contributed by atoms with E-state index in [1.807, 2.05) is 24.5 Å². The summed E-state index contributed by atoms with van der Waals surface area (Å²) in [5.74, 6) is -0.744. The van der Waals surface area contributed by atoms with Crippen LogP contribution in [0.5, 0.6) is 5.75 Å². The van der Waals surface area contributed by atoms with Gasteiger partial charge in [-0.2, -0.15) is 28.3 Å². The normalized spacial score (nSPS) is 17.6. The van der Waals surface area contributed by atoms with Crippen LogP contribution in [0.25, 0.3) is 11.8 Å². The fourth-order valence-electron chi connectivity index (χ4n) is 3.39. The number of methoxy groups -OCH3 is 1. The molecule has 2 aliphatic heterocycles. The van der Waals surface area contributed by atoms with E-state index in [2.05, 4.69) is 10.1 Å². The second-order valence-electron chi connectivity index (χ2n) is 6.90. The molecule has 7 nitrogen and oxygen atoms in total. The molecule has 12 heteroatoms. The summed E-state index contributed by atoms with van der Waals surface area (Å²) < 4.78 is 46.0. The Morgan fingerprint density at radius 1 is 1.25 bits per heavy atom. The van der Waals surface area contributed by atoms with E-state index in [0.717, 1.165) is 22.1 Å². The van der Waals surface area contributed by atoms with Crippen LogP contribution in [0, 0.1) is 19.3 Å². The van der Waals surface area contributed by atoms with Crippen molar-refractivity contribution in [2.75, 3.05) is 7.11 Å². The summed E-state index contributed by atoms with van der Waals surface area (Å²) in [5, 5.41) is 11.3. The first-order chi connectivity index (χ1) is 15.0. The number of thioether (sulfide) groups is 1. The molecule has 0 fully saturated rings. The Balaban J connectivity index is 1.73. The number of aliphatic imine (C=N–C) groups is 1. The first-order valence-corrected chi connectivity index (χ1v) is 10.3. The molecule has 4 rings (SSSR count). The van der Waals surface area contributed by atoms with Crippen LogP contribution in [-0.2, 0) is 4.79 Å². The largest absolute Gasteiger partial charge is 0.495 e. The maximum atomic E-state index is 13.0. The predicted octanol–water partition coefficient (Wildman–Crippen LogP) is 4.94. The molecule has 0 aliphatic carbocycles. The van der Waals surface area contributed by atoms with Gasteiger partial charge in [0.15, 0.2) is 5.84 Å². The molecule has 2 aliphatic rings. The van der Waals surface area contributed by atoms with E-state index in [1.54, 1.807) is 18.2 Å². The van der Waals surface area contributed by atoms with Gasteiger partial charge in [-0.25, -0.2) is 0 Å². The van der Waals surface area contributed by atoms with E-state index in [9.17, 15) is 18.0 Å². The third-order valence-electron chi connectivity index (χ3n) is 4.86. The molecule has 1 aromatic heterocycles. The highest BCUT2D eigenvalue weighted by atomic mass is 35.5. The van der Waals surface area contributed by atoms with Crippen molar-refractivity contribution in [2.45, 2.75) is 20.0 Å². The number of fused-ring (bicyclic) bond motifs is 1. The molecule has 0 saturated heterocycles. The number of amidine groups is 2. The molecular weight excluding hydrogens is 467 g/mol. The average molecular weight is 482 g/mol. The van der Waals surface area contributed by atoms with Crippen molar-refractivity contribution >= 4 is 51.4 Å². The predicted molar refractivity (Wildman–Crippen MR) is 118 cm³/mol. The van der Waals surface area contributed by atoms with Crippen molar-refractivity contribution in [1.82, 2.24) is 9.58 Å². The number of ether oxygens (including phenoxy) is 1. The molecule has 1 N–H and O–H groups in total. The zero-order chi connectivity index (χ0) is 23.4. The van der Waals surface area contributed by atoms with Crippen LogP contribution in [0.4, 0.5) is 13.2 Å². The third-order valence-corrected chi connectivity index (χ3v) is 6.11. The van der Waals surface area contributed by atoms with Gasteiger partial charge in [-0.15, -0.1) is 0 Å². The second kappa shape index (κ2) is 7.82. The number of hydrogen-bond acceptors (Lipinski definition) is 5. The Bertz CT molecular complexity index is 1260. The number of carbonyl (C=O) groups is 1. The number of nitrogens with one attached hydrogen (secondary N) is 1. The van der Waals surface area contributed by atoms with E-state index in [0.29, 0.717) is 16.3 Å². The SMILES string of the molecule is COc1ccc(-n2c(C)cc(C=C3C(=N)N4N=C(C(F)(F)F)SC4=NC3=O)c2C)cc1Cl. The average Bonchev–Trinajstić information content (AvgIpc) is 3.26. The highest BCUT2D eigenvalue weighted by Gasteiger charge is 2.46. The van der Waals surface area contributed by atoms with E-state index in [4.69, 9.17) is 21.7 Å². The zero-order valence-electron chi connectivity index (χ0n) is 16.9. The highest BCUT2D eigenvalue weighted by molar-refractivity contribution is 8.27. The van der Waals surface area contributed by atoms with Gasteiger partial charge in [-0.05, 0) is 61.5 Å². The number of rotatable bonds is 3. The number of benzene rings is 1. The molecule has 0 atom stereocenters. The Kier molecular flexibility index (Phi) is 5.41. The summed E-state index contributed by atoms with van der Waals surface area (Å²) in [7, 11) is 1.52. The fraction of sp³-hybridized carbons (Fsp3) is 0.200. The summed E-state index contributed by atoms with van der Waals surface area (Å²) in [5.41, 5.74) is 2.77. The lowest BCUT2D eigenvalue weighted by atomic mass is 10.1. The van der Waals surface area contributed by atoms with E-state index < -0.39 is 23.0 Å². The lowest BCUT2D eigenvalue weighted by molar-refractivity contribution is -0.114. The Morgan fingerprint density at radius 2 is 1.97 bits per heavy atom. The fourth-order valence-corrected chi connectivity index (χ4v) is 4.40. The molecule has 166 valence electrons. The Hall–Kier alpha value is -3.05. The third kappa shape index (κ3) is 3.71. The highest BCUT2D eigenvalue weighted by Crippen LogP contribution is 2.36. The topological polar surface area (TPSA) is 83.0 Å². The number of nitrogens with zero attached hydrogens (tertiary/aromatic N) is 4. The molecule has 0 unspecified atom stereocenters. The van der Waals surface area contributed by atoms with Gasteiger partial charge in [0.05, 0.1) is 17.7 Å². The van der Waals surface area contributed by atoms with Crippen molar-refractivity contribution < 1.29 is 22.7 Å². The van der Waals surface area contributed by atoms with Gasteiger partial charge in [0.2, 0.25) is 10.2 Å². The molecule has 0 saturated carbocycles. The molecule has 32 heavy (non-hydrogen) atoms. The lowest BCUT2D eigenvalue weighted by Gasteiger charge is -2.20. The Labute approximate surface area is 189 Å². The first-order valence-electron chi connectivity index (χ1n) is 9.11. The molecular formula is C20H15ClF3N5O2S. The van der Waals surface area contributed by atoms with Crippen LogP contribution in [0.1, 0.15) is 17.0 Å². The quantitative estimate of drug-likeness (QED) is 0.630. The molecule has 1 aromatic carbocycles. The zero-order valence-corrected chi connectivity index (χ0v) is 18.5. The summed E-state index contributed by atoms with van der Waals surface area (Å²) in [6.45, 7) is 3.67. The number of hydrazone groups is 1. The Morgan fingerprint density at radius 3 is 2.59 bits per heavy atom.